The zero-order chi connectivity index (χ0) is 31.7. The summed E-state index contributed by atoms with van der Waals surface area (Å²) in [6.07, 6.45) is -3.54. The Morgan fingerprint density at radius 2 is 1.89 bits per heavy atom. The minimum absolute atomic E-state index is 0.128. The number of anilines is 1. The number of rotatable bonds is 9. The summed E-state index contributed by atoms with van der Waals surface area (Å²) in [6.45, 7) is 11.8. The van der Waals surface area contributed by atoms with Gasteiger partial charge in [0.15, 0.2) is 0 Å². The molecule has 0 aliphatic carbocycles. The van der Waals surface area contributed by atoms with Crippen LogP contribution < -0.4 is 15.4 Å². The molecule has 0 amide bonds. The van der Waals surface area contributed by atoms with Crippen LogP contribution in [-0.4, -0.2) is 89.0 Å². The molecule has 9 nitrogen and oxygen atoms in total. The number of thiophene rings is 1. The van der Waals surface area contributed by atoms with Gasteiger partial charge in [-0.15, -0.1) is 11.3 Å². The average molecular weight is 641 g/mol. The molecule has 240 valence electrons. The Balaban J connectivity index is 1.12. The summed E-state index contributed by atoms with van der Waals surface area (Å²) in [5.74, 6) is 0.519. The fourth-order valence-electron chi connectivity index (χ4n) is 6.59. The summed E-state index contributed by atoms with van der Waals surface area (Å²) < 4.78 is 46.5. The molecule has 3 aromatic heterocycles. The highest BCUT2D eigenvalue weighted by Gasteiger charge is 2.30. The molecular weight excluding hydrogens is 601 g/mol. The lowest BCUT2D eigenvalue weighted by atomic mass is 10.0. The predicted octanol–water partition coefficient (Wildman–Crippen LogP) is 5.31. The molecule has 1 aromatic carbocycles. The Morgan fingerprint density at radius 3 is 2.58 bits per heavy atom. The monoisotopic (exact) mass is 640 g/mol. The number of alkyl halides is 3. The summed E-state index contributed by atoms with van der Waals surface area (Å²) in [5.41, 5.74) is 4.27. The Labute approximate surface area is 265 Å². The van der Waals surface area contributed by atoms with Crippen molar-refractivity contribution >= 4 is 38.3 Å². The van der Waals surface area contributed by atoms with Gasteiger partial charge in [-0.2, -0.15) is 28.4 Å². The molecule has 0 radical (unpaired) electrons. The SMILES string of the molecule is COc1nc(NC2CCN(Cc3ccc4c(cc(C#N)n4C[C@H](C)N4CCNCC4)c3C)CC2)c2cc(CC(F)(F)F)sc2n1. The molecule has 2 aliphatic heterocycles. The van der Waals surface area contributed by atoms with Crippen molar-refractivity contribution in [1.82, 2.24) is 29.7 Å². The van der Waals surface area contributed by atoms with E-state index in [1.54, 1.807) is 6.07 Å². The van der Waals surface area contributed by atoms with Gasteiger partial charge in [-0.05, 0) is 56.0 Å². The number of nitriles is 1. The molecule has 2 N–H and O–H groups in total. The van der Waals surface area contributed by atoms with Crippen LogP contribution in [0.3, 0.4) is 0 Å². The van der Waals surface area contributed by atoms with Crippen molar-refractivity contribution < 1.29 is 17.9 Å². The molecule has 0 bridgehead atoms. The number of nitrogens with zero attached hydrogens (tertiary/aromatic N) is 6. The largest absolute Gasteiger partial charge is 0.467 e. The van der Waals surface area contributed by atoms with Crippen molar-refractivity contribution in [3.63, 3.8) is 0 Å². The van der Waals surface area contributed by atoms with Crippen LogP contribution in [0, 0.1) is 18.3 Å². The third-order valence-electron chi connectivity index (χ3n) is 9.11. The van der Waals surface area contributed by atoms with Crippen molar-refractivity contribution in [2.24, 2.45) is 0 Å². The van der Waals surface area contributed by atoms with Crippen molar-refractivity contribution in [2.45, 2.75) is 64.5 Å². The zero-order valence-electron chi connectivity index (χ0n) is 25.9. The van der Waals surface area contributed by atoms with Crippen LogP contribution in [0.5, 0.6) is 6.01 Å². The van der Waals surface area contributed by atoms with E-state index in [1.165, 1.54) is 18.2 Å². The van der Waals surface area contributed by atoms with Crippen LogP contribution in [0.1, 0.15) is 41.5 Å². The van der Waals surface area contributed by atoms with Gasteiger partial charge in [-0.1, -0.05) is 6.07 Å². The van der Waals surface area contributed by atoms with Crippen molar-refractivity contribution in [1.29, 1.82) is 5.26 Å². The first-order valence-corrected chi connectivity index (χ1v) is 16.3. The smallest absolute Gasteiger partial charge is 0.393 e. The molecule has 0 spiro atoms. The van der Waals surface area contributed by atoms with Gasteiger partial charge >= 0.3 is 12.2 Å². The van der Waals surface area contributed by atoms with Gasteiger partial charge in [0.1, 0.15) is 22.4 Å². The molecule has 2 fully saturated rings. The van der Waals surface area contributed by atoms with E-state index in [9.17, 15) is 18.4 Å². The molecule has 0 unspecified atom stereocenters. The Morgan fingerprint density at radius 1 is 1.13 bits per heavy atom. The third-order valence-corrected chi connectivity index (χ3v) is 10.1. The molecule has 5 heterocycles. The first-order valence-electron chi connectivity index (χ1n) is 15.5. The maximum absolute atomic E-state index is 13.0. The van der Waals surface area contributed by atoms with Gasteiger partial charge in [-0.25, -0.2) is 0 Å². The van der Waals surface area contributed by atoms with Crippen LogP contribution in [0.4, 0.5) is 19.0 Å². The normalized spacial score (nSPS) is 18.0. The number of likely N-dealkylation sites (tertiary alicyclic amines) is 1. The molecule has 13 heteroatoms. The van der Waals surface area contributed by atoms with Crippen LogP contribution in [0.2, 0.25) is 0 Å². The molecule has 1 atom stereocenters. The van der Waals surface area contributed by atoms with Crippen LogP contribution >= 0.6 is 11.3 Å². The van der Waals surface area contributed by atoms with E-state index in [0.29, 0.717) is 27.8 Å². The van der Waals surface area contributed by atoms with Crippen LogP contribution in [0.25, 0.3) is 21.1 Å². The molecule has 2 saturated heterocycles. The summed E-state index contributed by atoms with van der Waals surface area (Å²) in [4.78, 5) is 14.3. The van der Waals surface area contributed by atoms with Gasteiger partial charge in [0.25, 0.3) is 0 Å². The zero-order valence-corrected chi connectivity index (χ0v) is 26.7. The highest BCUT2D eigenvalue weighted by atomic mass is 32.1. The molecular formula is C32H39F3N8OS. The second-order valence-corrected chi connectivity index (χ2v) is 13.3. The second-order valence-electron chi connectivity index (χ2n) is 12.1. The number of halogens is 3. The molecule has 6 rings (SSSR count). The van der Waals surface area contributed by atoms with Crippen molar-refractivity contribution in [3.8, 4) is 12.1 Å². The van der Waals surface area contributed by atoms with E-state index < -0.39 is 12.6 Å². The summed E-state index contributed by atoms with van der Waals surface area (Å²) in [7, 11) is 1.46. The highest BCUT2D eigenvalue weighted by molar-refractivity contribution is 7.18. The average Bonchev–Trinajstić information content (AvgIpc) is 3.59. The van der Waals surface area contributed by atoms with Gasteiger partial charge in [0.05, 0.1) is 18.9 Å². The van der Waals surface area contributed by atoms with E-state index in [2.05, 4.69) is 67.0 Å². The topological polar surface area (TPSA) is 94.3 Å². The number of aromatic nitrogens is 3. The van der Waals surface area contributed by atoms with Crippen molar-refractivity contribution in [2.75, 3.05) is 51.7 Å². The number of fused-ring (bicyclic) bond motifs is 2. The maximum Gasteiger partial charge on any atom is 0.393 e. The van der Waals surface area contributed by atoms with E-state index in [0.717, 1.165) is 87.4 Å². The predicted molar refractivity (Wildman–Crippen MR) is 171 cm³/mol. The number of nitrogens with one attached hydrogen (secondary N) is 2. The third kappa shape index (κ3) is 7.04. The fraction of sp³-hybridized carbons (Fsp3) is 0.531. The number of ether oxygens (including phenoxy) is 1. The summed E-state index contributed by atoms with van der Waals surface area (Å²) in [5, 5.41) is 18.6. The Hall–Kier alpha value is -3.44. The number of hydrogen-bond donors (Lipinski definition) is 2. The van der Waals surface area contributed by atoms with Gasteiger partial charge in [-0.3, -0.25) is 9.80 Å². The Kier molecular flexibility index (Phi) is 9.19. The Bertz CT molecular complexity index is 1700. The van der Waals surface area contributed by atoms with Crippen LogP contribution in [-0.2, 0) is 19.5 Å². The molecule has 2 aliphatic rings. The summed E-state index contributed by atoms with van der Waals surface area (Å²) >= 11 is 1.02. The molecule has 45 heavy (non-hydrogen) atoms. The van der Waals surface area contributed by atoms with E-state index in [-0.39, 0.29) is 16.9 Å². The first kappa shape index (κ1) is 31.5. The molecule has 0 saturated carbocycles. The molecule has 4 aromatic rings. The van der Waals surface area contributed by atoms with Gasteiger partial charge in [0.2, 0.25) is 0 Å². The number of methoxy groups -OCH3 is 1. The number of hydrogen-bond acceptors (Lipinski definition) is 9. The van der Waals surface area contributed by atoms with Crippen molar-refractivity contribution in [3.05, 3.63) is 46.0 Å². The lowest BCUT2D eigenvalue weighted by molar-refractivity contribution is -0.126. The number of benzene rings is 1. The lowest BCUT2D eigenvalue weighted by Crippen LogP contribution is -2.48. The lowest BCUT2D eigenvalue weighted by Gasteiger charge is -2.33. The minimum Gasteiger partial charge on any atom is -0.467 e. The summed E-state index contributed by atoms with van der Waals surface area (Å²) in [6, 6.07) is 11.0. The van der Waals surface area contributed by atoms with E-state index in [1.807, 2.05) is 6.07 Å². The van der Waals surface area contributed by atoms with Crippen LogP contribution in [0.15, 0.2) is 24.3 Å². The van der Waals surface area contributed by atoms with E-state index >= 15 is 0 Å². The quantitative estimate of drug-likeness (QED) is 0.254. The van der Waals surface area contributed by atoms with Gasteiger partial charge in [0, 0.05) is 80.2 Å². The fourth-order valence-corrected chi connectivity index (χ4v) is 7.64. The first-order chi connectivity index (χ1) is 21.6. The van der Waals surface area contributed by atoms with E-state index in [4.69, 9.17) is 4.74 Å². The number of piperazine rings is 1. The van der Waals surface area contributed by atoms with Gasteiger partial charge < -0.3 is 19.9 Å². The number of piperidine rings is 1. The standard InChI is InChI=1S/C32H39F3N8OS/c1-20(42-12-8-37-9-13-42)18-43-24(17-36)14-26-21(2)22(4-5-28(26)43)19-41-10-6-23(7-11-41)38-29-27-15-25(16-32(33,34)35)45-30(27)40-31(39-29)44-3/h4-5,14-15,20,23,37H,6-13,16,18-19H2,1-3H3,(H,38,39,40)/t20-/m0/s1. The highest BCUT2D eigenvalue weighted by Crippen LogP contribution is 2.35. The second kappa shape index (κ2) is 13.1. The number of aryl methyl sites for hydroxylation is 1. The minimum atomic E-state index is -4.28. The maximum atomic E-state index is 13.0.